The van der Waals surface area contributed by atoms with Crippen molar-refractivity contribution in [2.24, 2.45) is 0 Å². The summed E-state index contributed by atoms with van der Waals surface area (Å²) in [7, 11) is 0. The molecule has 0 aliphatic heterocycles. The molecule has 6 nitrogen and oxygen atoms in total. The van der Waals surface area contributed by atoms with Crippen molar-refractivity contribution in [2.45, 2.75) is 52.4 Å². The van der Waals surface area contributed by atoms with Crippen LogP contribution in [0.25, 0.3) is 16.7 Å². The number of aromatic nitrogens is 3. The molecule has 1 heterocycles. The first kappa shape index (κ1) is 20.1. The highest BCUT2D eigenvalue weighted by Crippen LogP contribution is 2.38. The highest BCUT2D eigenvalue weighted by atomic mass is 16.5. The first-order valence-electron chi connectivity index (χ1n) is 9.50. The van der Waals surface area contributed by atoms with E-state index in [4.69, 9.17) is 9.84 Å². The third-order valence-corrected chi connectivity index (χ3v) is 4.69. The smallest absolute Gasteiger partial charge is 0.147 e. The highest BCUT2D eigenvalue weighted by Gasteiger charge is 2.24. The Bertz CT molecular complexity index is 995. The summed E-state index contributed by atoms with van der Waals surface area (Å²) in [5.74, 6) is 0.684. The second kappa shape index (κ2) is 7.09. The molecule has 0 aliphatic rings. The lowest BCUT2D eigenvalue weighted by Crippen LogP contribution is -2.14. The Morgan fingerprint density at radius 3 is 2.21 bits per heavy atom. The number of phenols is 1. The molecular weight excluding hydrogens is 354 g/mol. The number of aromatic hydroxyl groups is 1. The van der Waals surface area contributed by atoms with Gasteiger partial charge in [-0.1, -0.05) is 47.6 Å². The lowest BCUT2D eigenvalue weighted by molar-refractivity contribution is 0.201. The van der Waals surface area contributed by atoms with Crippen LogP contribution >= 0.6 is 0 Å². The summed E-state index contributed by atoms with van der Waals surface area (Å²) in [5.41, 5.74) is 3.59. The van der Waals surface area contributed by atoms with E-state index in [1.54, 1.807) is 12.1 Å². The number of hydrogen-bond acceptors (Lipinski definition) is 5. The molecule has 0 saturated heterocycles. The Morgan fingerprint density at radius 2 is 1.61 bits per heavy atom. The maximum atomic E-state index is 10.9. The zero-order chi connectivity index (χ0) is 20.7. The van der Waals surface area contributed by atoms with E-state index >= 15 is 0 Å². The topological polar surface area (TPSA) is 80.4 Å². The fraction of sp³-hybridized carbons (Fsp3) is 0.455. The molecule has 0 radical (unpaired) electrons. The molecule has 3 rings (SSSR count). The van der Waals surface area contributed by atoms with Crippen molar-refractivity contribution in [3.05, 3.63) is 41.5 Å². The molecular formula is C22H29N3O3. The number of aliphatic hydroxyl groups is 1. The van der Waals surface area contributed by atoms with Gasteiger partial charge in [0.1, 0.15) is 34.8 Å². The zero-order valence-electron chi connectivity index (χ0n) is 17.4. The second-order valence-corrected chi connectivity index (χ2v) is 9.10. The third-order valence-electron chi connectivity index (χ3n) is 4.69. The third kappa shape index (κ3) is 3.97. The number of fused-ring (bicyclic) bond motifs is 1. The van der Waals surface area contributed by atoms with Crippen molar-refractivity contribution >= 4 is 11.0 Å². The van der Waals surface area contributed by atoms with Crippen molar-refractivity contribution in [1.82, 2.24) is 15.0 Å². The van der Waals surface area contributed by atoms with Gasteiger partial charge >= 0.3 is 0 Å². The van der Waals surface area contributed by atoms with Gasteiger partial charge in [-0.3, -0.25) is 0 Å². The van der Waals surface area contributed by atoms with Crippen molar-refractivity contribution in [1.29, 1.82) is 0 Å². The van der Waals surface area contributed by atoms with Gasteiger partial charge in [0.2, 0.25) is 0 Å². The molecule has 2 aromatic carbocycles. The van der Waals surface area contributed by atoms with E-state index in [1.807, 2.05) is 32.9 Å². The molecule has 0 unspecified atom stereocenters. The van der Waals surface area contributed by atoms with Gasteiger partial charge in [-0.05, 0) is 34.6 Å². The molecule has 0 atom stereocenters. The van der Waals surface area contributed by atoms with Crippen LogP contribution in [0, 0.1) is 0 Å². The largest absolute Gasteiger partial charge is 0.505 e. The van der Waals surface area contributed by atoms with Crippen molar-refractivity contribution in [2.75, 3.05) is 13.2 Å². The van der Waals surface area contributed by atoms with E-state index in [0.29, 0.717) is 11.4 Å². The first-order chi connectivity index (χ1) is 13.0. The molecule has 3 aromatic rings. The number of ether oxygens (including phenoxy) is 1. The predicted octanol–water partition coefficient (Wildman–Crippen LogP) is 4.09. The van der Waals surface area contributed by atoms with Crippen molar-refractivity contribution in [3.63, 3.8) is 0 Å². The van der Waals surface area contributed by atoms with Gasteiger partial charge in [0.05, 0.1) is 6.61 Å². The second-order valence-electron chi connectivity index (χ2n) is 9.10. The Labute approximate surface area is 165 Å². The minimum Gasteiger partial charge on any atom is -0.505 e. The zero-order valence-corrected chi connectivity index (χ0v) is 17.4. The van der Waals surface area contributed by atoms with Gasteiger partial charge in [-0.25, -0.2) is 0 Å². The first-order valence-corrected chi connectivity index (χ1v) is 9.50. The minimum atomic E-state index is -0.302. The SMILES string of the molecule is CC(C)(C)c1ccc2nn(-c3cc(OCCO)cc(C(C)(C)C)c3O)nc2c1. The summed E-state index contributed by atoms with van der Waals surface area (Å²) in [4.78, 5) is 1.45. The van der Waals surface area contributed by atoms with Crippen LogP contribution in [0.5, 0.6) is 11.5 Å². The van der Waals surface area contributed by atoms with Gasteiger partial charge in [-0.2, -0.15) is 0 Å². The normalized spacial score (nSPS) is 12.5. The highest BCUT2D eigenvalue weighted by molar-refractivity contribution is 5.75. The van der Waals surface area contributed by atoms with Crippen LogP contribution in [-0.4, -0.2) is 38.4 Å². The number of hydrogen-bond donors (Lipinski definition) is 2. The maximum Gasteiger partial charge on any atom is 0.147 e. The molecule has 0 aliphatic carbocycles. The van der Waals surface area contributed by atoms with E-state index in [0.717, 1.165) is 16.6 Å². The van der Waals surface area contributed by atoms with Crippen LogP contribution in [0.4, 0.5) is 0 Å². The van der Waals surface area contributed by atoms with Crippen LogP contribution < -0.4 is 4.74 Å². The average molecular weight is 383 g/mol. The van der Waals surface area contributed by atoms with Gasteiger partial charge < -0.3 is 14.9 Å². The number of benzene rings is 2. The maximum absolute atomic E-state index is 10.9. The van der Waals surface area contributed by atoms with E-state index < -0.39 is 0 Å². The minimum absolute atomic E-state index is 0.0115. The Kier molecular flexibility index (Phi) is 5.10. The van der Waals surface area contributed by atoms with Crippen molar-refractivity contribution < 1.29 is 14.9 Å². The van der Waals surface area contributed by atoms with Gasteiger partial charge in [0.15, 0.2) is 0 Å². The van der Waals surface area contributed by atoms with Crippen LogP contribution in [0.2, 0.25) is 0 Å². The number of aliphatic hydroxyl groups excluding tert-OH is 1. The Morgan fingerprint density at radius 1 is 0.929 bits per heavy atom. The fourth-order valence-corrected chi connectivity index (χ4v) is 3.05. The quantitative estimate of drug-likeness (QED) is 0.709. The fourth-order valence-electron chi connectivity index (χ4n) is 3.05. The number of rotatable bonds is 4. The lowest BCUT2D eigenvalue weighted by atomic mass is 9.86. The average Bonchev–Trinajstić information content (AvgIpc) is 3.02. The molecule has 0 fully saturated rings. The lowest BCUT2D eigenvalue weighted by Gasteiger charge is -2.23. The molecule has 0 amide bonds. The summed E-state index contributed by atoms with van der Waals surface area (Å²) in [5, 5.41) is 29.2. The van der Waals surface area contributed by atoms with Gasteiger partial charge in [-0.15, -0.1) is 15.0 Å². The van der Waals surface area contributed by atoms with Gasteiger partial charge in [0, 0.05) is 11.6 Å². The standard InChI is InChI=1S/C22H29N3O3/c1-21(2,3)14-7-8-17-18(11-14)24-25(23-17)19-13-15(28-10-9-26)12-16(20(19)27)22(4,5)6/h7-8,11-13,26-27H,9-10H2,1-6H3. The molecule has 28 heavy (non-hydrogen) atoms. The van der Waals surface area contributed by atoms with Gasteiger partial charge in [0.25, 0.3) is 0 Å². The van der Waals surface area contributed by atoms with E-state index in [9.17, 15) is 5.11 Å². The van der Waals surface area contributed by atoms with E-state index in [-0.39, 0.29) is 29.8 Å². The number of nitrogens with zero attached hydrogens (tertiary/aromatic N) is 3. The molecule has 1 aromatic heterocycles. The molecule has 0 bridgehead atoms. The summed E-state index contributed by atoms with van der Waals surface area (Å²) in [6, 6.07) is 9.54. The van der Waals surface area contributed by atoms with Crippen LogP contribution in [0.1, 0.15) is 52.7 Å². The molecule has 0 spiro atoms. The summed E-state index contributed by atoms with van der Waals surface area (Å²) < 4.78 is 5.62. The van der Waals surface area contributed by atoms with Crippen LogP contribution in [0.15, 0.2) is 30.3 Å². The van der Waals surface area contributed by atoms with Crippen molar-refractivity contribution in [3.8, 4) is 17.2 Å². The predicted molar refractivity (Wildman–Crippen MR) is 111 cm³/mol. The van der Waals surface area contributed by atoms with Crippen LogP contribution in [0.3, 0.4) is 0 Å². The monoisotopic (exact) mass is 383 g/mol. The molecule has 6 heteroatoms. The van der Waals surface area contributed by atoms with E-state index in [2.05, 4.69) is 37.0 Å². The summed E-state index contributed by atoms with van der Waals surface area (Å²) in [6.07, 6.45) is 0. The molecule has 150 valence electrons. The summed E-state index contributed by atoms with van der Waals surface area (Å²) in [6.45, 7) is 12.6. The molecule has 0 saturated carbocycles. The van der Waals surface area contributed by atoms with Crippen LogP contribution in [-0.2, 0) is 10.8 Å². The Hall–Kier alpha value is -2.60. The summed E-state index contributed by atoms with van der Waals surface area (Å²) >= 11 is 0. The molecule has 2 N–H and O–H groups in total. The number of phenolic OH excluding ortho intramolecular Hbond substituents is 1. The van der Waals surface area contributed by atoms with E-state index in [1.165, 1.54) is 10.4 Å². The Balaban J connectivity index is 2.16.